The molecule has 3 heterocycles. The van der Waals surface area contributed by atoms with Crippen molar-refractivity contribution in [1.82, 2.24) is 20.3 Å². The van der Waals surface area contributed by atoms with Gasteiger partial charge in [-0.15, -0.1) is 11.3 Å². The van der Waals surface area contributed by atoms with Crippen molar-refractivity contribution >= 4 is 46.5 Å². The molecule has 0 atom stereocenters. The number of nitrogens with zero attached hydrogens (tertiary/aromatic N) is 4. The van der Waals surface area contributed by atoms with E-state index in [1.54, 1.807) is 41.9 Å². The molecule has 4 aromatic rings. The Balaban J connectivity index is 1.46. The first-order chi connectivity index (χ1) is 16.6. The van der Waals surface area contributed by atoms with Gasteiger partial charge in [-0.3, -0.25) is 9.79 Å². The molecule has 0 saturated heterocycles. The van der Waals surface area contributed by atoms with E-state index in [0.29, 0.717) is 30.3 Å². The monoisotopic (exact) mass is 469 g/mol. The van der Waals surface area contributed by atoms with E-state index in [2.05, 4.69) is 49.9 Å². The summed E-state index contributed by atoms with van der Waals surface area (Å²) in [7, 11) is 0. The van der Waals surface area contributed by atoms with Crippen molar-refractivity contribution in [2.75, 3.05) is 17.6 Å². The van der Waals surface area contributed by atoms with Gasteiger partial charge >= 0.3 is 0 Å². The van der Waals surface area contributed by atoms with Crippen LogP contribution in [0.2, 0.25) is 0 Å². The molecule has 8 nitrogen and oxygen atoms in total. The van der Waals surface area contributed by atoms with E-state index in [1.165, 1.54) is 6.33 Å². The number of aromatic nitrogens is 3. The highest BCUT2D eigenvalue weighted by Crippen LogP contribution is 2.31. The Morgan fingerprint density at radius 1 is 1.18 bits per heavy atom. The highest BCUT2D eigenvalue weighted by Gasteiger charge is 2.13. The Labute approximate surface area is 201 Å². The second-order valence-electron chi connectivity index (χ2n) is 7.28. The van der Waals surface area contributed by atoms with E-state index >= 15 is 0 Å². The number of nitrogens with two attached hydrogens (primary N) is 1. The second kappa shape index (κ2) is 10.5. The number of carbonyl (C=O) groups is 1. The highest BCUT2D eigenvalue weighted by molar-refractivity contribution is 7.15. The number of thiophene rings is 1. The van der Waals surface area contributed by atoms with E-state index in [0.717, 1.165) is 31.8 Å². The minimum atomic E-state index is -0.241. The number of anilines is 2. The van der Waals surface area contributed by atoms with E-state index in [1.807, 2.05) is 24.3 Å². The molecule has 170 valence electrons. The van der Waals surface area contributed by atoms with E-state index < -0.39 is 0 Å². The van der Waals surface area contributed by atoms with Gasteiger partial charge in [0.2, 0.25) is 0 Å². The van der Waals surface area contributed by atoms with Gasteiger partial charge in [0.1, 0.15) is 18.0 Å². The summed E-state index contributed by atoms with van der Waals surface area (Å²) in [4.78, 5) is 31.3. The summed E-state index contributed by atoms with van der Waals surface area (Å²) < 4.78 is 0. The Morgan fingerprint density at radius 3 is 2.88 bits per heavy atom. The third-order valence-electron chi connectivity index (χ3n) is 5.07. The third kappa shape index (κ3) is 5.16. The van der Waals surface area contributed by atoms with Crippen molar-refractivity contribution in [2.45, 2.75) is 6.54 Å². The number of rotatable bonds is 9. The number of nitrogens with one attached hydrogen (secondary N) is 2. The summed E-state index contributed by atoms with van der Waals surface area (Å²) in [5.41, 5.74) is 9.08. The molecule has 0 aliphatic heterocycles. The molecule has 0 aliphatic rings. The van der Waals surface area contributed by atoms with Gasteiger partial charge in [0.15, 0.2) is 0 Å². The average Bonchev–Trinajstić information content (AvgIpc) is 3.34. The van der Waals surface area contributed by atoms with Crippen molar-refractivity contribution in [3.63, 3.8) is 0 Å². The first kappa shape index (κ1) is 22.8. The minimum absolute atomic E-state index is 0.241. The van der Waals surface area contributed by atoms with Crippen molar-refractivity contribution in [3.8, 4) is 10.4 Å². The van der Waals surface area contributed by atoms with Gasteiger partial charge in [-0.1, -0.05) is 18.7 Å². The molecule has 0 fully saturated rings. The number of fused-ring (bicyclic) bond motifs is 1. The Hall–Kier alpha value is -4.37. The van der Waals surface area contributed by atoms with Crippen LogP contribution in [0.4, 0.5) is 11.6 Å². The van der Waals surface area contributed by atoms with Crippen molar-refractivity contribution < 1.29 is 4.79 Å². The first-order valence-corrected chi connectivity index (χ1v) is 11.2. The number of amides is 1. The van der Waals surface area contributed by atoms with Crippen LogP contribution < -0.4 is 16.4 Å². The fraction of sp³-hybridized carbons (Fsp3) is 0.0800. The number of hydrogen-bond donors (Lipinski definition) is 3. The molecule has 0 unspecified atom stereocenters. The predicted molar refractivity (Wildman–Crippen MR) is 139 cm³/mol. The number of nitrogen functional groups attached to an aromatic ring is 1. The minimum Gasteiger partial charge on any atom is -0.383 e. The Bertz CT molecular complexity index is 1390. The van der Waals surface area contributed by atoms with Crippen LogP contribution in [0.3, 0.4) is 0 Å². The highest BCUT2D eigenvalue weighted by atomic mass is 32.1. The first-order valence-electron chi connectivity index (χ1n) is 10.4. The molecule has 0 saturated carbocycles. The maximum atomic E-state index is 12.7. The van der Waals surface area contributed by atoms with E-state index in [-0.39, 0.29) is 5.91 Å². The summed E-state index contributed by atoms with van der Waals surface area (Å²) in [6, 6.07) is 13.5. The number of pyridine rings is 1. The van der Waals surface area contributed by atoms with Crippen molar-refractivity contribution in [2.24, 2.45) is 4.99 Å². The maximum Gasteiger partial charge on any atom is 0.255 e. The largest absolute Gasteiger partial charge is 0.383 e. The third-order valence-corrected chi connectivity index (χ3v) is 6.20. The molecular formula is C25H23N7OS. The van der Waals surface area contributed by atoms with Crippen LogP contribution in [0.1, 0.15) is 15.2 Å². The number of aliphatic imine (C=N–C) groups is 1. The normalized spacial score (nSPS) is 11.2. The van der Waals surface area contributed by atoms with Gasteiger partial charge < -0.3 is 16.4 Å². The zero-order valence-electron chi connectivity index (χ0n) is 18.4. The van der Waals surface area contributed by atoms with Gasteiger partial charge in [-0.05, 0) is 54.3 Å². The summed E-state index contributed by atoms with van der Waals surface area (Å²) in [6.45, 7) is 7.96. The van der Waals surface area contributed by atoms with Gasteiger partial charge in [0.05, 0.1) is 17.6 Å². The molecule has 0 spiro atoms. The summed E-state index contributed by atoms with van der Waals surface area (Å²) in [6.07, 6.45) is 6.30. The SMILES string of the molecule is C=C/C(=C\N=C)CNC(=O)c1cccnc1NCc1ccc(-c2ccc3ncnc(N)c3c2)s1. The molecule has 0 bridgehead atoms. The van der Waals surface area contributed by atoms with Crippen LogP contribution in [0, 0.1) is 0 Å². The summed E-state index contributed by atoms with van der Waals surface area (Å²) >= 11 is 1.65. The summed E-state index contributed by atoms with van der Waals surface area (Å²) in [5, 5.41) is 6.96. The molecule has 4 N–H and O–H groups in total. The molecule has 3 aromatic heterocycles. The lowest BCUT2D eigenvalue weighted by atomic mass is 10.1. The fourth-order valence-corrected chi connectivity index (χ4v) is 4.27. The topological polar surface area (TPSA) is 118 Å². The zero-order valence-corrected chi connectivity index (χ0v) is 19.2. The van der Waals surface area contributed by atoms with Gasteiger partial charge in [0.25, 0.3) is 5.91 Å². The molecular weight excluding hydrogens is 446 g/mol. The molecule has 4 rings (SSSR count). The molecule has 0 aliphatic carbocycles. The van der Waals surface area contributed by atoms with Crippen molar-refractivity contribution in [3.05, 3.63) is 89.9 Å². The quantitative estimate of drug-likeness (QED) is 0.246. The molecule has 34 heavy (non-hydrogen) atoms. The van der Waals surface area contributed by atoms with Crippen LogP contribution in [0.5, 0.6) is 0 Å². The lowest BCUT2D eigenvalue weighted by molar-refractivity contribution is 0.0958. The standard InChI is InChI=1S/C25H23N7OS/c1-3-16(12-27-2)13-30-25(33)19-5-4-10-28-24(19)29-14-18-7-9-22(34-18)17-6-8-21-20(11-17)23(26)32-15-31-21/h3-12,15H,1-2,13-14H2,(H,28,29)(H,30,33)(H2,26,31,32)/b16-12+. The number of benzene rings is 1. The van der Waals surface area contributed by atoms with Gasteiger partial charge in [0, 0.05) is 34.1 Å². The van der Waals surface area contributed by atoms with Crippen LogP contribution in [0.15, 0.2) is 84.4 Å². The lowest BCUT2D eigenvalue weighted by Crippen LogP contribution is -2.26. The van der Waals surface area contributed by atoms with Crippen LogP contribution in [-0.2, 0) is 6.54 Å². The van der Waals surface area contributed by atoms with Crippen LogP contribution >= 0.6 is 11.3 Å². The van der Waals surface area contributed by atoms with Crippen LogP contribution in [0.25, 0.3) is 21.3 Å². The number of hydrogen-bond acceptors (Lipinski definition) is 8. The summed E-state index contributed by atoms with van der Waals surface area (Å²) in [5.74, 6) is 0.731. The molecule has 0 radical (unpaired) electrons. The molecule has 1 amide bonds. The Morgan fingerprint density at radius 2 is 2.06 bits per heavy atom. The molecule has 1 aromatic carbocycles. The smallest absolute Gasteiger partial charge is 0.255 e. The van der Waals surface area contributed by atoms with Crippen LogP contribution in [-0.4, -0.2) is 34.1 Å². The van der Waals surface area contributed by atoms with E-state index in [9.17, 15) is 4.79 Å². The fourth-order valence-electron chi connectivity index (χ4n) is 3.32. The van der Waals surface area contributed by atoms with E-state index in [4.69, 9.17) is 5.73 Å². The predicted octanol–water partition coefficient (Wildman–Crippen LogP) is 4.45. The lowest BCUT2D eigenvalue weighted by Gasteiger charge is -2.11. The number of carbonyl (C=O) groups excluding carboxylic acids is 1. The van der Waals surface area contributed by atoms with Gasteiger partial charge in [-0.25, -0.2) is 15.0 Å². The Kier molecular flexibility index (Phi) is 7.04. The second-order valence-corrected chi connectivity index (χ2v) is 8.45. The maximum absolute atomic E-state index is 12.7. The van der Waals surface area contributed by atoms with Crippen molar-refractivity contribution in [1.29, 1.82) is 0 Å². The molecule has 9 heteroatoms. The zero-order chi connectivity index (χ0) is 23.9. The average molecular weight is 470 g/mol. The van der Waals surface area contributed by atoms with Gasteiger partial charge in [-0.2, -0.15) is 0 Å².